The zero-order valence-electron chi connectivity index (χ0n) is 14.1. The van der Waals surface area contributed by atoms with Crippen LogP contribution < -0.4 is 11.0 Å². The minimum absolute atomic E-state index is 0.179. The second-order valence-corrected chi connectivity index (χ2v) is 5.63. The molecule has 0 aliphatic heterocycles. The summed E-state index contributed by atoms with van der Waals surface area (Å²) in [7, 11) is 0. The summed E-state index contributed by atoms with van der Waals surface area (Å²) in [6.45, 7) is 4.18. The molecule has 3 rings (SSSR count). The molecule has 0 unspecified atom stereocenters. The van der Waals surface area contributed by atoms with Gasteiger partial charge >= 0.3 is 0 Å². The van der Waals surface area contributed by atoms with Crippen molar-refractivity contribution in [3.8, 4) is 0 Å². The van der Waals surface area contributed by atoms with Crippen molar-refractivity contribution >= 4 is 22.9 Å². The second-order valence-electron chi connectivity index (χ2n) is 5.63. The third-order valence-corrected chi connectivity index (χ3v) is 3.80. The maximum absolute atomic E-state index is 12.5. The van der Waals surface area contributed by atoms with Crippen LogP contribution in [0.4, 0.5) is 0 Å². The molecule has 1 aromatic heterocycles. The Morgan fingerprint density at radius 3 is 2.68 bits per heavy atom. The Bertz CT molecular complexity index is 1020. The molecule has 0 radical (unpaired) electrons. The molecule has 1 heterocycles. The van der Waals surface area contributed by atoms with Crippen LogP contribution in [-0.2, 0) is 6.54 Å². The number of rotatable bonds is 4. The van der Waals surface area contributed by atoms with Crippen molar-refractivity contribution in [2.75, 3.05) is 0 Å². The molecule has 3 aromatic rings. The van der Waals surface area contributed by atoms with Gasteiger partial charge in [-0.05, 0) is 25.5 Å². The minimum Gasteiger partial charge on any atom is -0.267 e. The molecule has 25 heavy (non-hydrogen) atoms. The largest absolute Gasteiger partial charge is 0.292 e. The van der Waals surface area contributed by atoms with E-state index in [9.17, 15) is 9.59 Å². The molecule has 0 spiro atoms. The van der Waals surface area contributed by atoms with E-state index in [0.717, 1.165) is 11.1 Å². The summed E-state index contributed by atoms with van der Waals surface area (Å²) in [5.74, 6) is -0.456. The number of aryl methyl sites for hydroxylation is 2. The number of amides is 1. The first-order valence-electron chi connectivity index (χ1n) is 8.00. The number of hydrazone groups is 1. The van der Waals surface area contributed by atoms with Gasteiger partial charge in [0.15, 0.2) is 5.69 Å². The predicted molar refractivity (Wildman–Crippen MR) is 97.9 cm³/mol. The molecule has 6 nitrogen and oxygen atoms in total. The topological polar surface area (TPSA) is 76.3 Å². The molecule has 0 atom stereocenters. The number of nitrogens with zero attached hydrogens (tertiary/aromatic N) is 3. The van der Waals surface area contributed by atoms with E-state index < -0.39 is 5.91 Å². The van der Waals surface area contributed by atoms with Crippen molar-refractivity contribution in [2.45, 2.75) is 20.4 Å². The van der Waals surface area contributed by atoms with Crippen molar-refractivity contribution in [3.05, 3.63) is 75.7 Å². The van der Waals surface area contributed by atoms with Gasteiger partial charge in [-0.15, -0.1) is 0 Å². The number of hydrogen-bond acceptors (Lipinski definition) is 4. The highest BCUT2D eigenvalue weighted by molar-refractivity contribution is 6.04. The highest BCUT2D eigenvalue weighted by Gasteiger charge is 2.15. The highest BCUT2D eigenvalue weighted by Crippen LogP contribution is 2.13. The fraction of sp³-hybridized carbons (Fsp3) is 0.158. The van der Waals surface area contributed by atoms with Gasteiger partial charge in [0.05, 0.1) is 11.6 Å². The number of aromatic nitrogens is 2. The number of nitrogens with one attached hydrogen (secondary N) is 1. The molecule has 6 heteroatoms. The molecule has 1 amide bonds. The molecule has 0 saturated heterocycles. The maximum Gasteiger partial charge on any atom is 0.292 e. The van der Waals surface area contributed by atoms with Crippen molar-refractivity contribution in [1.29, 1.82) is 0 Å². The molecular formula is C19H18N4O2. The molecule has 0 aliphatic rings. The van der Waals surface area contributed by atoms with Crippen molar-refractivity contribution in [1.82, 2.24) is 15.2 Å². The minimum atomic E-state index is -0.456. The molecule has 2 aromatic carbocycles. The van der Waals surface area contributed by atoms with Crippen LogP contribution in [0.15, 0.2) is 58.4 Å². The SMILES string of the molecule is CCn1nc(C(=O)N/N=C\c2cccc(C)c2)c2ccccc2c1=O. The van der Waals surface area contributed by atoms with Crippen molar-refractivity contribution < 1.29 is 4.79 Å². The quantitative estimate of drug-likeness (QED) is 0.588. The summed E-state index contributed by atoms with van der Waals surface area (Å²) in [5, 5.41) is 9.15. The van der Waals surface area contributed by atoms with E-state index in [0.29, 0.717) is 17.3 Å². The standard InChI is InChI=1S/C19H18N4O2/c1-3-23-19(25)16-10-5-4-9-15(16)17(22-23)18(24)21-20-12-14-8-6-7-13(2)11-14/h4-12H,3H2,1-2H3,(H,21,24)/b20-12-. The molecule has 0 aliphatic carbocycles. The molecule has 0 fully saturated rings. The van der Waals surface area contributed by atoms with Crippen LogP contribution >= 0.6 is 0 Å². The number of carbonyl (C=O) groups is 1. The monoisotopic (exact) mass is 334 g/mol. The molecule has 0 saturated carbocycles. The Kier molecular flexibility index (Phi) is 4.70. The Morgan fingerprint density at radius 1 is 1.20 bits per heavy atom. The lowest BCUT2D eigenvalue weighted by atomic mass is 10.1. The van der Waals surface area contributed by atoms with Gasteiger partial charge in [0.2, 0.25) is 0 Å². The Hall–Kier alpha value is -3.28. The third kappa shape index (κ3) is 3.47. The number of benzene rings is 2. The van der Waals surface area contributed by atoms with Gasteiger partial charge in [-0.3, -0.25) is 9.59 Å². The van der Waals surface area contributed by atoms with Crippen LogP contribution in [0.3, 0.4) is 0 Å². The van der Waals surface area contributed by atoms with Crippen LogP contribution in [0, 0.1) is 6.92 Å². The predicted octanol–water partition coefficient (Wildman–Crippen LogP) is 2.49. The fourth-order valence-corrected chi connectivity index (χ4v) is 2.59. The first-order chi connectivity index (χ1) is 12.1. The van der Waals surface area contributed by atoms with E-state index in [4.69, 9.17) is 0 Å². The maximum atomic E-state index is 12.5. The molecule has 1 N–H and O–H groups in total. The van der Waals surface area contributed by atoms with E-state index in [2.05, 4.69) is 15.6 Å². The summed E-state index contributed by atoms with van der Waals surface area (Å²) < 4.78 is 1.28. The molecule has 126 valence electrons. The Balaban J connectivity index is 1.92. The first kappa shape index (κ1) is 16.6. The summed E-state index contributed by atoms with van der Waals surface area (Å²) in [5.41, 5.74) is 4.45. The lowest BCUT2D eigenvalue weighted by Gasteiger charge is -2.08. The summed E-state index contributed by atoms with van der Waals surface area (Å²) >= 11 is 0. The first-order valence-corrected chi connectivity index (χ1v) is 8.00. The highest BCUT2D eigenvalue weighted by atomic mass is 16.2. The van der Waals surface area contributed by atoms with Gasteiger partial charge in [0, 0.05) is 11.9 Å². The van der Waals surface area contributed by atoms with Crippen molar-refractivity contribution in [3.63, 3.8) is 0 Å². The summed E-state index contributed by atoms with van der Waals surface area (Å²) in [4.78, 5) is 24.8. The van der Waals surface area contributed by atoms with Gasteiger partial charge in [0.1, 0.15) is 0 Å². The molecule has 0 bridgehead atoms. The summed E-state index contributed by atoms with van der Waals surface area (Å²) in [6, 6.07) is 14.7. The zero-order valence-corrected chi connectivity index (χ0v) is 14.1. The zero-order chi connectivity index (χ0) is 17.8. The molecular weight excluding hydrogens is 316 g/mol. The lowest BCUT2D eigenvalue weighted by Crippen LogP contribution is -2.28. The smallest absolute Gasteiger partial charge is 0.267 e. The van der Waals surface area contributed by atoms with E-state index in [-0.39, 0.29) is 11.3 Å². The van der Waals surface area contributed by atoms with Crippen LogP contribution in [0.25, 0.3) is 10.8 Å². The second kappa shape index (κ2) is 7.09. The van der Waals surface area contributed by atoms with Gasteiger partial charge in [0.25, 0.3) is 11.5 Å². The van der Waals surface area contributed by atoms with Gasteiger partial charge in [-0.2, -0.15) is 10.2 Å². The lowest BCUT2D eigenvalue weighted by molar-refractivity contribution is 0.0949. The third-order valence-electron chi connectivity index (χ3n) is 3.80. The normalized spacial score (nSPS) is 11.1. The number of fused-ring (bicyclic) bond motifs is 1. The number of hydrogen-bond donors (Lipinski definition) is 1. The van der Waals surface area contributed by atoms with Crippen LogP contribution in [0.2, 0.25) is 0 Å². The van der Waals surface area contributed by atoms with Crippen LogP contribution in [0.1, 0.15) is 28.5 Å². The van der Waals surface area contributed by atoms with E-state index in [1.807, 2.05) is 31.2 Å². The van der Waals surface area contributed by atoms with Crippen LogP contribution in [0.5, 0.6) is 0 Å². The summed E-state index contributed by atoms with van der Waals surface area (Å²) in [6.07, 6.45) is 1.57. The van der Waals surface area contributed by atoms with Crippen LogP contribution in [-0.4, -0.2) is 21.9 Å². The van der Waals surface area contributed by atoms with E-state index >= 15 is 0 Å². The Labute approximate surface area is 144 Å². The van der Waals surface area contributed by atoms with Gasteiger partial charge in [-0.1, -0.05) is 48.0 Å². The fourth-order valence-electron chi connectivity index (χ4n) is 2.59. The van der Waals surface area contributed by atoms with Gasteiger partial charge < -0.3 is 0 Å². The van der Waals surface area contributed by atoms with Gasteiger partial charge in [-0.25, -0.2) is 10.1 Å². The average molecular weight is 334 g/mol. The van der Waals surface area contributed by atoms with E-state index in [1.54, 1.807) is 37.4 Å². The Morgan fingerprint density at radius 2 is 1.96 bits per heavy atom. The van der Waals surface area contributed by atoms with Crippen molar-refractivity contribution in [2.24, 2.45) is 5.10 Å². The average Bonchev–Trinajstić information content (AvgIpc) is 2.62. The van der Waals surface area contributed by atoms with E-state index in [1.165, 1.54) is 4.68 Å². The number of carbonyl (C=O) groups excluding carboxylic acids is 1.